The monoisotopic (exact) mass is 575 g/mol. The van der Waals surface area contributed by atoms with Crippen molar-refractivity contribution >= 4 is 50.7 Å². The van der Waals surface area contributed by atoms with Crippen molar-refractivity contribution in [1.29, 1.82) is 0 Å². The van der Waals surface area contributed by atoms with Gasteiger partial charge in [-0.15, -0.1) is 0 Å². The first-order valence-corrected chi connectivity index (χ1v) is 13.7. The van der Waals surface area contributed by atoms with Crippen LogP contribution in [0, 0.1) is 0 Å². The van der Waals surface area contributed by atoms with Crippen molar-refractivity contribution in [3.05, 3.63) is 82.2 Å². The smallest absolute Gasteiger partial charge is 0.339 e. The zero-order chi connectivity index (χ0) is 27.3. The second-order valence-electron chi connectivity index (χ2n) is 7.74. The highest BCUT2D eigenvalue weighted by atomic mass is 35.5. The van der Waals surface area contributed by atoms with E-state index < -0.39 is 21.3 Å². The van der Waals surface area contributed by atoms with Crippen molar-refractivity contribution in [1.82, 2.24) is 4.90 Å². The maximum atomic E-state index is 12.8. The molecule has 4 rings (SSSR count). The molecule has 12 heteroatoms. The number of para-hydroxylation sites is 1. The first-order valence-electron chi connectivity index (χ1n) is 11.1. The summed E-state index contributed by atoms with van der Waals surface area (Å²) in [6, 6.07) is 17.1. The summed E-state index contributed by atoms with van der Waals surface area (Å²) in [5, 5.41) is 0.00113. The summed E-state index contributed by atoms with van der Waals surface area (Å²) in [5.41, 5.74) is 0.508. The molecule has 38 heavy (non-hydrogen) atoms. The topological polar surface area (TPSA) is 108 Å². The molecule has 3 aromatic carbocycles. The number of carbonyl (C=O) groups is 2. The van der Waals surface area contributed by atoms with Gasteiger partial charge in [0.15, 0.2) is 11.5 Å². The van der Waals surface area contributed by atoms with Crippen LogP contribution < -0.4 is 18.4 Å². The first-order chi connectivity index (χ1) is 18.2. The average Bonchev–Trinajstić information content (AvgIpc) is 3.17. The Bertz CT molecular complexity index is 1490. The minimum absolute atomic E-state index is 0.0368. The van der Waals surface area contributed by atoms with Crippen molar-refractivity contribution in [2.75, 3.05) is 27.4 Å². The maximum absolute atomic E-state index is 12.8. The number of hydrogen-bond acceptors (Lipinski definition) is 9. The van der Waals surface area contributed by atoms with E-state index in [2.05, 4.69) is 0 Å². The summed E-state index contributed by atoms with van der Waals surface area (Å²) >= 11 is 6.85. The molecule has 2 amide bonds. The predicted octanol–water partition coefficient (Wildman–Crippen LogP) is 5.24. The Hall–Kier alpha value is -3.67. The third kappa shape index (κ3) is 6.24. The van der Waals surface area contributed by atoms with Crippen LogP contribution in [0.4, 0.5) is 4.79 Å². The van der Waals surface area contributed by atoms with Crippen LogP contribution in [0.25, 0.3) is 6.08 Å². The lowest BCUT2D eigenvalue weighted by molar-refractivity contribution is -0.123. The van der Waals surface area contributed by atoms with Crippen LogP contribution in [0.2, 0.25) is 5.02 Å². The Morgan fingerprint density at radius 2 is 1.66 bits per heavy atom. The molecule has 1 aliphatic heterocycles. The fourth-order valence-electron chi connectivity index (χ4n) is 3.40. The second kappa shape index (κ2) is 11.8. The Morgan fingerprint density at radius 1 is 0.921 bits per heavy atom. The molecule has 1 fully saturated rings. The molecule has 198 valence electrons. The van der Waals surface area contributed by atoms with E-state index in [4.69, 9.17) is 30.0 Å². The van der Waals surface area contributed by atoms with Gasteiger partial charge in [-0.05, 0) is 71.9 Å². The highest BCUT2D eigenvalue weighted by Gasteiger charge is 2.35. The third-order valence-electron chi connectivity index (χ3n) is 5.32. The maximum Gasteiger partial charge on any atom is 0.339 e. The van der Waals surface area contributed by atoms with Crippen molar-refractivity contribution < 1.29 is 36.4 Å². The van der Waals surface area contributed by atoms with E-state index in [9.17, 15) is 18.0 Å². The number of halogens is 1. The predicted molar refractivity (Wildman–Crippen MR) is 143 cm³/mol. The van der Waals surface area contributed by atoms with Crippen LogP contribution in [0.1, 0.15) is 5.56 Å². The minimum Gasteiger partial charge on any atom is -0.497 e. The Kier molecular flexibility index (Phi) is 8.50. The number of methoxy groups -OCH3 is 2. The van der Waals surface area contributed by atoms with E-state index in [1.807, 2.05) is 0 Å². The molecule has 0 aromatic heterocycles. The molecule has 0 atom stereocenters. The number of rotatable bonds is 10. The number of amides is 2. The van der Waals surface area contributed by atoms with Gasteiger partial charge in [0.25, 0.3) is 11.1 Å². The van der Waals surface area contributed by atoms with Gasteiger partial charge in [-0.1, -0.05) is 29.8 Å². The Morgan fingerprint density at radius 3 is 2.34 bits per heavy atom. The molecule has 0 saturated carbocycles. The van der Waals surface area contributed by atoms with Gasteiger partial charge >= 0.3 is 10.1 Å². The molecule has 9 nitrogen and oxygen atoms in total. The van der Waals surface area contributed by atoms with Crippen molar-refractivity contribution in [3.63, 3.8) is 0 Å². The third-order valence-corrected chi connectivity index (χ3v) is 7.78. The fourth-order valence-corrected chi connectivity index (χ4v) is 5.40. The van der Waals surface area contributed by atoms with E-state index in [1.165, 1.54) is 56.7 Å². The summed E-state index contributed by atoms with van der Waals surface area (Å²) in [5.74, 6) is 0.584. The van der Waals surface area contributed by atoms with Gasteiger partial charge in [-0.25, -0.2) is 0 Å². The van der Waals surface area contributed by atoms with Gasteiger partial charge in [0.2, 0.25) is 0 Å². The van der Waals surface area contributed by atoms with Gasteiger partial charge in [0, 0.05) is 0 Å². The number of benzene rings is 3. The standard InChI is InChI=1S/C26H22ClNO8S2/c1-33-18-8-10-19(11-9-18)38(31,32)36-22-12-7-17(15-23(22)34-2)16-24-25(29)28(26(30)37-24)13-14-35-21-6-4-3-5-20(21)27/h3-12,15-16H,13-14H2,1-2H3/b24-16-. The zero-order valence-electron chi connectivity index (χ0n) is 20.3. The number of thioether (sulfide) groups is 1. The van der Waals surface area contributed by atoms with Gasteiger partial charge in [-0.2, -0.15) is 8.42 Å². The summed E-state index contributed by atoms with van der Waals surface area (Å²) < 4.78 is 46.6. The van der Waals surface area contributed by atoms with E-state index in [-0.39, 0.29) is 34.5 Å². The molecule has 0 N–H and O–H groups in total. The van der Waals surface area contributed by atoms with Crippen molar-refractivity contribution in [2.45, 2.75) is 4.90 Å². The van der Waals surface area contributed by atoms with Crippen LogP contribution in [0.5, 0.6) is 23.0 Å². The van der Waals surface area contributed by atoms with Crippen LogP contribution in [-0.4, -0.2) is 51.8 Å². The van der Waals surface area contributed by atoms with Crippen LogP contribution in [0.3, 0.4) is 0 Å². The van der Waals surface area contributed by atoms with E-state index in [0.717, 1.165) is 16.7 Å². The molecular weight excluding hydrogens is 554 g/mol. The van der Waals surface area contributed by atoms with E-state index in [1.54, 1.807) is 30.3 Å². The molecule has 3 aromatic rings. The highest BCUT2D eigenvalue weighted by Crippen LogP contribution is 2.35. The molecule has 0 radical (unpaired) electrons. The number of carbonyl (C=O) groups excluding carboxylic acids is 2. The first kappa shape index (κ1) is 27.4. The van der Waals surface area contributed by atoms with Gasteiger partial charge in [0.05, 0.1) is 30.7 Å². The lowest BCUT2D eigenvalue weighted by Crippen LogP contribution is -2.32. The van der Waals surface area contributed by atoms with Gasteiger partial charge in [0.1, 0.15) is 23.0 Å². The van der Waals surface area contributed by atoms with Crippen LogP contribution >= 0.6 is 23.4 Å². The average molecular weight is 576 g/mol. The number of hydrogen-bond donors (Lipinski definition) is 0. The van der Waals surface area contributed by atoms with Crippen molar-refractivity contribution in [2.24, 2.45) is 0 Å². The largest absolute Gasteiger partial charge is 0.497 e. The normalized spacial score (nSPS) is 14.6. The number of imide groups is 1. The molecule has 0 aliphatic carbocycles. The van der Waals surface area contributed by atoms with Gasteiger partial charge in [-0.3, -0.25) is 14.5 Å². The quantitative estimate of drug-likeness (QED) is 0.237. The molecular formula is C26H22ClNO8S2. The van der Waals surface area contributed by atoms with Crippen LogP contribution in [-0.2, 0) is 14.9 Å². The summed E-state index contributed by atoms with van der Waals surface area (Å²) in [4.78, 5) is 26.5. The summed E-state index contributed by atoms with van der Waals surface area (Å²) in [6.45, 7) is 0.129. The number of ether oxygens (including phenoxy) is 3. The SMILES string of the molecule is COc1ccc(S(=O)(=O)Oc2ccc(/C=C3\SC(=O)N(CCOc4ccccc4Cl)C3=O)cc2OC)cc1. The Labute approximate surface area is 229 Å². The molecule has 0 spiro atoms. The summed E-state index contributed by atoms with van der Waals surface area (Å²) in [6.07, 6.45) is 1.52. The highest BCUT2D eigenvalue weighted by molar-refractivity contribution is 8.18. The van der Waals surface area contributed by atoms with Crippen molar-refractivity contribution in [3.8, 4) is 23.0 Å². The minimum atomic E-state index is -4.14. The molecule has 1 aliphatic rings. The van der Waals surface area contributed by atoms with Crippen LogP contribution in [0.15, 0.2) is 76.5 Å². The number of nitrogens with zero attached hydrogens (tertiary/aromatic N) is 1. The molecule has 0 bridgehead atoms. The Balaban J connectivity index is 1.45. The molecule has 1 saturated heterocycles. The lowest BCUT2D eigenvalue weighted by Gasteiger charge is -2.14. The van der Waals surface area contributed by atoms with E-state index >= 15 is 0 Å². The van der Waals surface area contributed by atoms with Gasteiger partial charge < -0.3 is 18.4 Å². The second-order valence-corrected chi connectivity index (χ2v) is 10.7. The molecule has 0 unspecified atom stereocenters. The van der Waals surface area contributed by atoms with E-state index in [0.29, 0.717) is 22.1 Å². The summed E-state index contributed by atoms with van der Waals surface area (Å²) in [7, 11) is -1.31. The lowest BCUT2D eigenvalue weighted by atomic mass is 10.2. The zero-order valence-corrected chi connectivity index (χ0v) is 22.6. The molecule has 1 heterocycles. The fraction of sp³-hybridized carbons (Fsp3) is 0.154.